The van der Waals surface area contributed by atoms with E-state index in [-0.39, 0.29) is 5.82 Å². The van der Waals surface area contributed by atoms with Gasteiger partial charge in [-0.3, -0.25) is 0 Å². The molecule has 0 aliphatic rings. The van der Waals surface area contributed by atoms with E-state index in [2.05, 4.69) is 26.0 Å². The number of hydrogen-bond acceptors (Lipinski definition) is 5. The molecule has 0 saturated carbocycles. The summed E-state index contributed by atoms with van der Waals surface area (Å²) < 4.78 is 6.79. The Balaban J connectivity index is 2.23. The lowest BCUT2D eigenvalue weighted by atomic mass is 10.3. The van der Waals surface area contributed by atoms with Crippen molar-refractivity contribution < 1.29 is 9.66 Å². The summed E-state index contributed by atoms with van der Waals surface area (Å²) in [5, 5.41) is 14.5. The number of pyridine rings is 1. The molecule has 0 saturated heterocycles. The van der Waals surface area contributed by atoms with Crippen LogP contribution in [0, 0.1) is 10.1 Å². The van der Waals surface area contributed by atoms with Crippen molar-refractivity contribution in [3.05, 3.63) is 44.7 Å². The zero-order valence-corrected chi connectivity index (χ0v) is 11.0. The first-order chi connectivity index (χ1) is 8.60. The Morgan fingerprint density at radius 1 is 1.56 bits per heavy atom. The standard InChI is InChI=1S/C10H9BrN4O3/c1-18-9-4-2-3-7(12-9)5-14-6-8(11)10(13-14)15(16)17/h2-4,6H,5H2,1H3. The lowest BCUT2D eigenvalue weighted by Crippen LogP contribution is -2.03. The van der Waals surface area contributed by atoms with Gasteiger partial charge >= 0.3 is 5.82 Å². The molecule has 0 aromatic carbocycles. The Morgan fingerprint density at radius 3 is 2.94 bits per heavy atom. The molecule has 94 valence electrons. The van der Waals surface area contributed by atoms with Crippen molar-refractivity contribution in [3.8, 4) is 5.88 Å². The molecular formula is C10H9BrN4O3. The molecule has 0 aliphatic heterocycles. The monoisotopic (exact) mass is 312 g/mol. The number of methoxy groups -OCH3 is 1. The summed E-state index contributed by atoms with van der Waals surface area (Å²) >= 11 is 3.09. The van der Waals surface area contributed by atoms with Crippen LogP contribution in [0.5, 0.6) is 5.88 Å². The summed E-state index contributed by atoms with van der Waals surface area (Å²) in [6.45, 7) is 0.337. The van der Waals surface area contributed by atoms with Gasteiger partial charge in [0.05, 0.1) is 24.1 Å². The third kappa shape index (κ3) is 2.65. The first-order valence-electron chi connectivity index (χ1n) is 4.97. The largest absolute Gasteiger partial charge is 0.481 e. The van der Waals surface area contributed by atoms with Gasteiger partial charge in [0.2, 0.25) is 5.88 Å². The predicted octanol–water partition coefficient (Wildman–Crippen LogP) is 2.01. The fourth-order valence-corrected chi connectivity index (χ4v) is 1.88. The van der Waals surface area contributed by atoms with Crippen molar-refractivity contribution in [1.29, 1.82) is 0 Å². The van der Waals surface area contributed by atoms with E-state index in [1.807, 2.05) is 0 Å². The lowest BCUT2D eigenvalue weighted by Gasteiger charge is -2.01. The lowest BCUT2D eigenvalue weighted by molar-refractivity contribution is -0.390. The number of nitrogens with zero attached hydrogens (tertiary/aromatic N) is 4. The average Bonchev–Trinajstić information content (AvgIpc) is 2.70. The molecule has 0 radical (unpaired) electrons. The van der Waals surface area contributed by atoms with Gasteiger partial charge in [-0.25, -0.2) is 4.98 Å². The number of hydrogen-bond donors (Lipinski definition) is 0. The van der Waals surface area contributed by atoms with Gasteiger partial charge in [-0.1, -0.05) is 6.07 Å². The number of rotatable bonds is 4. The smallest absolute Gasteiger partial charge is 0.404 e. The van der Waals surface area contributed by atoms with Gasteiger partial charge in [-0.05, 0) is 26.9 Å². The molecular weight excluding hydrogens is 304 g/mol. The number of halogens is 1. The fraction of sp³-hybridized carbons (Fsp3) is 0.200. The number of nitro groups is 1. The van der Waals surface area contributed by atoms with Crippen LogP contribution in [-0.4, -0.2) is 26.8 Å². The molecule has 0 unspecified atom stereocenters. The Labute approximate surface area is 111 Å². The Bertz CT molecular complexity index is 584. The molecule has 2 aromatic rings. The predicted molar refractivity (Wildman–Crippen MR) is 66.5 cm³/mol. The summed E-state index contributed by atoms with van der Waals surface area (Å²) in [5.41, 5.74) is 0.708. The van der Waals surface area contributed by atoms with Crippen molar-refractivity contribution in [1.82, 2.24) is 14.8 Å². The van der Waals surface area contributed by atoms with Crippen molar-refractivity contribution in [2.75, 3.05) is 7.11 Å². The van der Waals surface area contributed by atoms with Crippen molar-refractivity contribution >= 4 is 21.7 Å². The van der Waals surface area contributed by atoms with Gasteiger partial charge in [0.1, 0.15) is 11.0 Å². The summed E-state index contributed by atoms with van der Waals surface area (Å²) in [5.74, 6) is 0.283. The van der Waals surface area contributed by atoms with E-state index in [4.69, 9.17) is 4.74 Å². The second kappa shape index (κ2) is 5.13. The third-order valence-electron chi connectivity index (χ3n) is 2.19. The molecule has 2 aromatic heterocycles. The van der Waals surface area contributed by atoms with Crippen molar-refractivity contribution in [2.45, 2.75) is 6.54 Å². The molecule has 18 heavy (non-hydrogen) atoms. The molecule has 0 atom stereocenters. The first kappa shape index (κ1) is 12.5. The van der Waals surface area contributed by atoms with E-state index >= 15 is 0 Å². The SMILES string of the molecule is COc1cccc(Cn2cc(Br)c([N+](=O)[O-])n2)n1. The Kier molecular flexibility index (Phi) is 3.56. The molecule has 0 bridgehead atoms. The van der Waals surface area contributed by atoms with Crippen LogP contribution in [0.3, 0.4) is 0 Å². The Hall–Kier alpha value is -1.96. The van der Waals surface area contributed by atoms with Gasteiger partial charge in [-0.2, -0.15) is 4.68 Å². The van der Waals surface area contributed by atoms with Crippen LogP contribution in [-0.2, 0) is 6.54 Å². The van der Waals surface area contributed by atoms with E-state index < -0.39 is 4.92 Å². The minimum Gasteiger partial charge on any atom is -0.481 e. The molecule has 0 spiro atoms. The second-order valence-corrected chi connectivity index (χ2v) is 4.28. The third-order valence-corrected chi connectivity index (χ3v) is 2.75. The van der Waals surface area contributed by atoms with Crippen molar-refractivity contribution in [2.24, 2.45) is 0 Å². The normalized spacial score (nSPS) is 10.3. The highest BCUT2D eigenvalue weighted by Crippen LogP contribution is 2.22. The van der Waals surface area contributed by atoms with Crippen LogP contribution >= 0.6 is 15.9 Å². The highest BCUT2D eigenvalue weighted by atomic mass is 79.9. The topological polar surface area (TPSA) is 83.1 Å². The molecule has 0 fully saturated rings. The van der Waals surface area contributed by atoms with E-state index in [0.29, 0.717) is 22.6 Å². The highest BCUT2D eigenvalue weighted by molar-refractivity contribution is 9.10. The summed E-state index contributed by atoms with van der Waals surface area (Å²) in [7, 11) is 1.53. The van der Waals surface area contributed by atoms with Gasteiger partial charge in [0.15, 0.2) is 0 Å². The van der Waals surface area contributed by atoms with Crippen molar-refractivity contribution in [3.63, 3.8) is 0 Å². The molecule has 7 nitrogen and oxygen atoms in total. The zero-order chi connectivity index (χ0) is 13.1. The quantitative estimate of drug-likeness (QED) is 0.637. The zero-order valence-electron chi connectivity index (χ0n) is 9.41. The maximum Gasteiger partial charge on any atom is 0.404 e. The fourth-order valence-electron chi connectivity index (χ4n) is 1.42. The second-order valence-electron chi connectivity index (χ2n) is 3.43. The van der Waals surface area contributed by atoms with Gasteiger partial charge in [0, 0.05) is 6.07 Å². The average molecular weight is 313 g/mol. The molecule has 0 amide bonds. The van der Waals surface area contributed by atoms with E-state index in [9.17, 15) is 10.1 Å². The molecule has 2 rings (SSSR count). The minimum atomic E-state index is -0.542. The van der Waals surface area contributed by atoms with Crippen LogP contribution in [0.2, 0.25) is 0 Å². The summed E-state index contributed by atoms with van der Waals surface area (Å²) in [4.78, 5) is 14.3. The first-order valence-corrected chi connectivity index (χ1v) is 5.76. The van der Waals surface area contributed by atoms with Gasteiger partial charge in [-0.15, -0.1) is 0 Å². The molecule has 2 heterocycles. The van der Waals surface area contributed by atoms with Crippen LogP contribution in [0.15, 0.2) is 28.9 Å². The highest BCUT2D eigenvalue weighted by Gasteiger charge is 2.18. The summed E-state index contributed by atoms with van der Waals surface area (Å²) in [6.07, 6.45) is 1.54. The van der Waals surface area contributed by atoms with Crippen LogP contribution in [0.1, 0.15) is 5.69 Å². The molecule has 0 N–H and O–H groups in total. The molecule has 0 aliphatic carbocycles. The van der Waals surface area contributed by atoms with Crippen LogP contribution < -0.4 is 4.74 Å². The molecule has 8 heteroatoms. The van der Waals surface area contributed by atoms with E-state index in [0.717, 1.165) is 0 Å². The number of ether oxygens (including phenoxy) is 1. The maximum atomic E-state index is 10.7. The number of aromatic nitrogens is 3. The van der Waals surface area contributed by atoms with E-state index in [1.165, 1.54) is 11.8 Å². The maximum absolute atomic E-state index is 10.7. The van der Waals surface area contributed by atoms with Gasteiger partial charge in [0.25, 0.3) is 0 Å². The Morgan fingerprint density at radius 2 is 2.33 bits per heavy atom. The summed E-state index contributed by atoms with van der Waals surface area (Å²) in [6, 6.07) is 5.32. The van der Waals surface area contributed by atoms with Crippen LogP contribution in [0.25, 0.3) is 0 Å². The minimum absolute atomic E-state index is 0.210. The van der Waals surface area contributed by atoms with Crippen LogP contribution in [0.4, 0.5) is 5.82 Å². The van der Waals surface area contributed by atoms with E-state index in [1.54, 1.807) is 24.4 Å². The van der Waals surface area contributed by atoms with Gasteiger partial charge < -0.3 is 14.9 Å².